The Labute approximate surface area is 112 Å². The number of hydrogen-bond donors (Lipinski definition) is 2. The molecule has 3 N–H and O–H groups in total. The van der Waals surface area contributed by atoms with E-state index in [1.165, 1.54) is 7.11 Å². The molecule has 0 bridgehead atoms. The fourth-order valence-electron chi connectivity index (χ4n) is 1.27. The van der Waals surface area contributed by atoms with E-state index in [-0.39, 0.29) is 24.9 Å². The molecule has 1 aromatic carbocycles. The molecule has 0 spiro atoms. The lowest BCUT2D eigenvalue weighted by atomic mass is 10.2. The van der Waals surface area contributed by atoms with E-state index < -0.39 is 6.10 Å². The van der Waals surface area contributed by atoms with Crippen LogP contribution in [-0.2, 0) is 9.53 Å². The standard InChI is InChI=1S/C11H15ClN2O2.ClH/c1-7-8(12)4-3-5-9(7)14-11(15)10(6-13)16-2;/h3-5,10H,6,13H2,1-2H3,(H,14,15);1H. The summed E-state index contributed by atoms with van der Waals surface area (Å²) in [4.78, 5) is 11.7. The molecule has 1 unspecified atom stereocenters. The van der Waals surface area contributed by atoms with E-state index >= 15 is 0 Å². The Balaban J connectivity index is 0.00000256. The Morgan fingerprint density at radius 3 is 2.76 bits per heavy atom. The van der Waals surface area contributed by atoms with Gasteiger partial charge < -0.3 is 15.8 Å². The Hall–Kier alpha value is -0.810. The van der Waals surface area contributed by atoms with Crippen molar-refractivity contribution in [3.63, 3.8) is 0 Å². The van der Waals surface area contributed by atoms with Crippen LogP contribution in [0.3, 0.4) is 0 Å². The molecule has 1 rings (SSSR count). The summed E-state index contributed by atoms with van der Waals surface area (Å²) >= 11 is 5.94. The minimum absolute atomic E-state index is 0. The molecule has 17 heavy (non-hydrogen) atoms. The summed E-state index contributed by atoms with van der Waals surface area (Å²) in [5, 5.41) is 3.34. The predicted octanol–water partition coefficient (Wildman–Crippen LogP) is 1.98. The monoisotopic (exact) mass is 278 g/mol. The van der Waals surface area contributed by atoms with Crippen molar-refractivity contribution in [2.24, 2.45) is 5.73 Å². The smallest absolute Gasteiger partial charge is 0.254 e. The van der Waals surface area contributed by atoms with Gasteiger partial charge in [0.05, 0.1) is 0 Å². The molecule has 0 aliphatic carbocycles. The van der Waals surface area contributed by atoms with Crippen LogP contribution in [0.1, 0.15) is 5.56 Å². The second-order valence-corrected chi connectivity index (χ2v) is 3.77. The molecule has 1 atom stereocenters. The maximum atomic E-state index is 11.7. The van der Waals surface area contributed by atoms with Crippen LogP contribution in [0.15, 0.2) is 18.2 Å². The largest absolute Gasteiger partial charge is 0.370 e. The van der Waals surface area contributed by atoms with Crippen molar-refractivity contribution in [1.82, 2.24) is 0 Å². The van der Waals surface area contributed by atoms with Crippen molar-refractivity contribution in [2.45, 2.75) is 13.0 Å². The lowest BCUT2D eigenvalue weighted by molar-refractivity contribution is -0.125. The number of ether oxygens (including phenoxy) is 1. The number of carbonyl (C=O) groups is 1. The number of methoxy groups -OCH3 is 1. The summed E-state index contributed by atoms with van der Waals surface area (Å²) < 4.78 is 4.93. The maximum Gasteiger partial charge on any atom is 0.254 e. The summed E-state index contributed by atoms with van der Waals surface area (Å²) in [6.07, 6.45) is -0.640. The van der Waals surface area contributed by atoms with Crippen molar-refractivity contribution < 1.29 is 9.53 Å². The van der Waals surface area contributed by atoms with Crippen LogP contribution in [0.4, 0.5) is 5.69 Å². The summed E-state index contributed by atoms with van der Waals surface area (Å²) in [5.74, 6) is -0.268. The van der Waals surface area contributed by atoms with Crippen molar-refractivity contribution in [1.29, 1.82) is 0 Å². The second kappa shape index (κ2) is 7.50. The van der Waals surface area contributed by atoms with Crippen LogP contribution in [0.25, 0.3) is 0 Å². The van der Waals surface area contributed by atoms with Gasteiger partial charge in [-0.15, -0.1) is 12.4 Å². The lowest BCUT2D eigenvalue weighted by Gasteiger charge is -2.14. The summed E-state index contributed by atoms with van der Waals surface area (Å²) in [7, 11) is 1.45. The van der Waals surface area contributed by atoms with E-state index in [1.54, 1.807) is 18.2 Å². The highest BCUT2D eigenvalue weighted by molar-refractivity contribution is 6.31. The molecule has 1 amide bonds. The first-order valence-electron chi connectivity index (χ1n) is 4.89. The number of hydrogen-bond acceptors (Lipinski definition) is 3. The lowest BCUT2D eigenvalue weighted by Crippen LogP contribution is -2.36. The molecule has 96 valence electrons. The average molecular weight is 279 g/mol. The van der Waals surface area contributed by atoms with Gasteiger partial charge >= 0.3 is 0 Å². The first-order valence-corrected chi connectivity index (χ1v) is 5.26. The van der Waals surface area contributed by atoms with Gasteiger partial charge in [0.1, 0.15) is 6.10 Å². The molecule has 0 fully saturated rings. The van der Waals surface area contributed by atoms with E-state index in [9.17, 15) is 4.79 Å². The number of nitrogens with two attached hydrogens (primary N) is 1. The van der Waals surface area contributed by atoms with Gasteiger partial charge in [-0.2, -0.15) is 0 Å². The van der Waals surface area contributed by atoms with E-state index in [2.05, 4.69) is 5.32 Å². The van der Waals surface area contributed by atoms with Crippen molar-refractivity contribution in [3.8, 4) is 0 Å². The molecule has 6 heteroatoms. The molecule has 0 aliphatic rings. The van der Waals surface area contributed by atoms with Gasteiger partial charge in [-0.3, -0.25) is 4.79 Å². The Morgan fingerprint density at radius 2 is 2.24 bits per heavy atom. The van der Waals surface area contributed by atoms with E-state index in [1.807, 2.05) is 6.92 Å². The Bertz CT molecular complexity index is 382. The Kier molecular flexibility index (Phi) is 7.15. The zero-order valence-corrected chi connectivity index (χ0v) is 11.3. The number of anilines is 1. The highest BCUT2D eigenvalue weighted by atomic mass is 35.5. The molecule has 4 nitrogen and oxygen atoms in total. The molecule has 0 aromatic heterocycles. The van der Waals surface area contributed by atoms with Crippen LogP contribution in [0.5, 0.6) is 0 Å². The molecule has 0 heterocycles. The van der Waals surface area contributed by atoms with E-state index in [4.69, 9.17) is 22.1 Å². The SMILES string of the molecule is COC(CN)C(=O)Nc1cccc(Cl)c1C.Cl. The van der Waals surface area contributed by atoms with Gasteiger partial charge in [0.2, 0.25) is 0 Å². The summed E-state index contributed by atoms with van der Waals surface area (Å²) in [6.45, 7) is 1.98. The number of rotatable bonds is 4. The molecule has 0 aliphatic heterocycles. The molecule has 0 saturated carbocycles. The highest BCUT2D eigenvalue weighted by Crippen LogP contribution is 2.22. The quantitative estimate of drug-likeness (QED) is 0.885. The van der Waals surface area contributed by atoms with Gasteiger partial charge in [-0.05, 0) is 24.6 Å². The normalized spacial score (nSPS) is 11.5. The van der Waals surface area contributed by atoms with Crippen LogP contribution >= 0.6 is 24.0 Å². The molecule has 1 aromatic rings. The zero-order valence-electron chi connectivity index (χ0n) is 9.70. The fourth-order valence-corrected chi connectivity index (χ4v) is 1.44. The zero-order chi connectivity index (χ0) is 12.1. The van der Waals surface area contributed by atoms with Crippen LogP contribution in [0, 0.1) is 6.92 Å². The number of amides is 1. The molecule has 0 saturated heterocycles. The number of nitrogens with one attached hydrogen (secondary N) is 1. The third kappa shape index (κ3) is 4.16. The van der Waals surface area contributed by atoms with Crippen molar-refractivity contribution in [2.75, 3.05) is 19.0 Å². The third-order valence-corrected chi connectivity index (χ3v) is 2.73. The first-order chi connectivity index (χ1) is 7.60. The predicted molar refractivity (Wildman–Crippen MR) is 71.9 cm³/mol. The number of carbonyl (C=O) groups excluding carboxylic acids is 1. The van der Waals surface area contributed by atoms with Gasteiger partial charge in [-0.1, -0.05) is 17.7 Å². The average Bonchev–Trinajstić information content (AvgIpc) is 2.26. The van der Waals surface area contributed by atoms with Gasteiger partial charge in [0, 0.05) is 24.4 Å². The summed E-state index contributed by atoms with van der Waals surface area (Å²) in [5.41, 5.74) is 6.89. The van der Waals surface area contributed by atoms with Gasteiger partial charge in [0.25, 0.3) is 5.91 Å². The molecular formula is C11H16Cl2N2O2. The molecular weight excluding hydrogens is 263 g/mol. The van der Waals surface area contributed by atoms with Gasteiger partial charge in [0.15, 0.2) is 0 Å². The van der Waals surface area contributed by atoms with Gasteiger partial charge in [-0.25, -0.2) is 0 Å². The van der Waals surface area contributed by atoms with Crippen molar-refractivity contribution >= 4 is 35.6 Å². The topological polar surface area (TPSA) is 64.3 Å². The van der Waals surface area contributed by atoms with E-state index in [0.717, 1.165) is 5.56 Å². The van der Waals surface area contributed by atoms with Crippen molar-refractivity contribution in [3.05, 3.63) is 28.8 Å². The first kappa shape index (κ1) is 16.2. The minimum Gasteiger partial charge on any atom is -0.370 e. The van der Waals surface area contributed by atoms with Crippen LogP contribution in [-0.4, -0.2) is 25.7 Å². The Morgan fingerprint density at radius 1 is 1.59 bits per heavy atom. The van der Waals surface area contributed by atoms with E-state index in [0.29, 0.717) is 10.7 Å². The highest BCUT2D eigenvalue weighted by Gasteiger charge is 2.16. The maximum absolute atomic E-state index is 11.7. The number of benzene rings is 1. The summed E-state index contributed by atoms with van der Waals surface area (Å²) in [6, 6.07) is 5.32. The van der Waals surface area contributed by atoms with Crippen LogP contribution < -0.4 is 11.1 Å². The second-order valence-electron chi connectivity index (χ2n) is 3.36. The minimum atomic E-state index is -0.640. The molecule has 0 radical (unpaired) electrons. The fraction of sp³-hybridized carbons (Fsp3) is 0.364. The third-order valence-electron chi connectivity index (χ3n) is 2.32. The number of halogens is 2. The van der Waals surface area contributed by atoms with Crippen LogP contribution in [0.2, 0.25) is 5.02 Å².